The van der Waals surface area contributed by atoms with Gasteiger partial charge in [-0.3, -0.25) is 4.79 Å². The van der Waals surface area contributed by atoms with E-state index in [0.717, 1.165) is 28.7 Å². The summed E-state index contributed by atoms with van der Waals surface area (Å²) < 4.78 is 10.7. The number of ether oxygens (including phenoxy) is 2. The Labute approximate surface area is 156 Å². The minimum atomic E-state index is -0.461. The molecule has 0 bridgehead atoms. The molecule has 27 heavy (non-hydrogen) atoms. The molecule has 1 aliphatic carbocycles. The number of hydrogen-bond donors (Lipinski definition) is 2. The molecule has 0 saturated carbocycles. The van der Waals surface area contributed by atoms with Gasteiger partial charge < -0.3 is 24.6 Å². The van der Waals surface area contributed by atoms with Gasteiger partial charge in [-0.05, 0) is 53.3 Å². The lowest BCUT2D eigenvalue weighted by Crippen LogP contribution is -2.51. The molecule has 0 unspecified atom stereocenters. The lowest BCUT2D eigenvalue weighted by atomic mass is 9.68. The van der Waals surface area contributed by atoms with Crippen LogP contribution in [0.1, 0.15) is 29.5 Å². The van der Waals surface area contributed by atoms with Crippen LogP contribution in [0.4, 0.5) is 0 Å². The average molecular weight is 367 g/mol. The summed E-state index contributed by atoms with van der Waals surface area (Å²) in [5.74, 6) is 1.08. The first-order chi connectivity index (χ1) is 13.0. The molecular formula is C21H21NO5. The quantitative estimate of drug-likeness (QED) is 0.853. The Morgan fingerprint density at radius 1 is 1.04 bits per heavy atom. The van der Waals surface area contributed by atoms with Gasteiger partial charge in [-0.1, -0.05) is 0 Å². The molecule has 2 aliphatic heterocycles. The zero-order chi connectivity index (χ0) is 18.9. The Hall–Kier alpha value is -2.89. The fourth-order valence-electron chi connectivity index (χ4n) is 5.24. The van der Waals surface area contributed by atoms with Gasteiger partial charge in [-0.15, -0.1) is 0 Å². The Kier molecular flexibility index (Phi) is 3.21. The van der Waals surface area contributed by atoms with E-state index in [4.69, 9.17) is 9.47 Å². The standard InChI is InChI=1S/C21H21NO5/c1-26-15-9-13-12(7-14(15)23)10-21-5-3-17(24)22(21)6-4-11-8-16(27-2)20(25)18(13)19(11)21/h7-9,23,25H,3-6,10H2,1-2H3/t21-/m0/s1. The summed E-state index contributed by atoms with van der Waals surface area (Å²) in [6.45, 7) is 0.663. The number of phenols is 2. The molecule has 3 aliphatic rings. The van der Waals surface area contributed by atoms with Crippen molar-refractivity contribution in [2.24, 2.45) is 0 Å². The van der Waals surface area contributed by atoms with Gasteiger partial charge in [0.15, 0.2) is 23.0 Å². The first kappa shape index (κ1) is 16.3. The van der Waals surface area contributed by atoms with E-state index in [1.807, 2.05) is 11.0 Å². The second-order valence-electron chi connectivity index (χ2n) is 7.52. The van der Waals surface area contributed by atoms with E-state index in [0.29, 0.717) is 42.9 Å². The van der Waals surface area contributed by atoms with E-state index >= 15 is 0 Å². The molecule has 6 heteroatoms. The Morgan fingerprint density at radius 3 is 2.56 bits per heavy atom. The summed E-state index contributed by atoms with van der Waals surface area (Å²) in [7, 11) is 3.04. The monoisotopic (exact) mass is 367 g/mol. The van der Waals surface area contributed by atoms with Crippen molar-refractivity contribution in [1.29, 1.82) is 0 Å². The number of hydrogen-bond acceptors (Lipinski definition) is 5. The number of nitrogens with zero attached hydrogens (tertiary/aromatic N) is 1. The highest BCUT2D eigenvalue weighted by Gasteiger charge is 2.53. The predicted molar refractivity (Wildman–Crippen MR) is 98.3 cm³/mol. The summed E-state index contributed by atoms with van der Waals surface area (Å²) in [6, 6.07) is 5.36. The zero-order valence-electron chi connectivity index (χ0n) is 15.3. The SMILES string of the molecule is COc1cc2c(cc1O)C[C@]13CCC(=O)N1CCc1cc(OC)c(O)c-2c13. The van der Waals surface area contributed by atoms with Crippen molar-refractivity contribution in [3.8, 4) is 34.1 Å². The number of phenolic OH excluding ortho intramolecular Hbond substituents is 2. The van der Waals surface area contributed by atoms with Crippen LogP contribution in [0.25, 0.3) is 11.1 Å². The van der Waals surface area contributed by atoms with Crippen LogP contribution >= 0.6 is 0 Å². The van der Waals surface area contributed by atoms with Crippen molar-refractivity contribution in [1.82, 2.24) is 4.90 Å². The van der Waals surface area contributed by atoms with Crippen molar-refractivity contribution in [2.75, 3.05) is 20.8 Å². The number of carbonyl (C=O) groups excluding carboxylic acids is 1. The Balaban J connectivity index is 1.89. The maximum absolute atomic E-state index is 12.6. The number of benzene rings is 2. The van der Waals surface area contributed by atoms with Gasteiger partial charge in [0.05, 0.1) is 19.8 Å². The van der Waals surface area contributed by atoms with Crippen LogP contribution in [0.2, 0.25) is 0 Å². The zero-order valence-corrected chi connectivity index (χ0v) is 15.3. The molecule has 2 aromatic carbocycles. The lowest BCUT2D eigenvalue weighted by molar-refractivity contribution is -0.132. The van der Waals surface area contributed by atoms with Crippen molar-refractivity contribution in [2.45, 2.75) is 31.2 Å². The molecule has 140 valence electrons. The van der Waals surface area contributed by atoms with Crippen LogP contribution in [0.3, 0.4) is 0 Å². The lowest BCUT2D eigenvalue weighted by Gasteiger charge is -2.48. The van der Waals surface area contributed by atoms with E-state index < -0.39 is 5.54 Å². The van der Waals surface area contributed by atoms with Gasteiger partial charge in [-0.2, -0.15) is 0 Å². The third-order valence-electron chi connectivity index (χ3n) is 6.36. The minimum absolute atomic E-state index is 0.0605. The van der Waals surface area contributed by atoms with E-state index in [1.54, 1.807) is 19.2 Å². The number of carbonyl (C=O) groups is 1. The highest BCUT2D eigenvalue weighted by molar-refractivity contribution is 5.89. The number of amides is 1. The van der Waals surface area contributed by atoms with Crippen LogP contribution in [0, 0.1) is 0 Å². The molecule has 0 radical (unpaired) electrons. The molecule has 1 amide bonds. The molecular weight excluding hydrogens is 346 g/mol. The van der Waals surface area contributed by atoms with Crippen molar-refractivity contribution < 1.29 is 24.5 Å². The smallest absolute Gasteiger partial charge is 0.223 e. The molecule has 0 aromatic heterocycles. The van der Waals surface area contributed by atoms with Crippen LogP contribution in [0.5, 0.6) is 23.0 Å². The van der Waals surface area contributed by atoms with Gasteiger partial charge in [0.1, 0.15) is 0 Å². The average Bonchev–Trinajstić information content (AvgIpc) is 2.98. The first-order valence-electron chi connectivity index (χ1n) is 9.14. The van der Waals surface area contributed by atoms with Gasteiger partial charge in [-0.25, -0.2) is 0 Å². The molecule has 2 N–H and O–H groups in total. The second kappa shape index (κ2) is 5.31. The summed E-state index contributed by atoms with van der Waals surface area (Å²) in [5, 5.41) is 21.3. The summed E-state index contributed by atoms with van der Waals surface area (Å²) in [6.07, 6.45) is 2.57. The minimum Gasteiger partial charge on any atom is -0.504 e. The summed E-state index contributed by atoms with van der Waals surface area (Å²) in [4.78, 5) is 14.5. The second-order valence-corrected chi connectivity index (χ2v) is 7.52. The summed E-state index contributed by atoms with van der Waals surface area (Å²) >= 11 is 0. The van der Waals surface area contributed by atoms with Crippen LogP contribution < -0.4 is 9.47 Å². The normalized spacial score (nSPS) is 22.1. The molecule has 2 aromatic rings. The number of aromatic hydroxyl groups is 2. The van der Waals surface area contributed by atoms with Crippen LogP contribution in [-0.2, 0) is 23.2 Å². The molecule has 2 heterocycles. The highest BCUT2D eigenvalue weighted by Crippen LogP contribution is 2.58. The van der Waals surface area contributed by atoms with Gasteiger partial charge in [0, 0.05) is 24.9 Å². The third kappa shape index (κ3) is 1.93. The van der Waals surface area contributed by atoms with Gasteiger partial charge in [0.25, 0.3) is 0 Å². The highest BCUT2D eigenvalue weighted by atomic mass is 16.5. The molecule has 1 fully saturated rings. The largest absolute Gasteiger partial charge is 0.504 e. The number of fused-ring (bicyclic) bond motifs is 2. The topological polar surface area (TPSA) is 79.2 Å². The van der Waals surface area contributed by atoms with Crippen LogP contribution in [-0.4, -0.2) is 41.8 Å². The maximum atomic E-state index is 12.6. The van der Waals surface area contributed by atoms with Crippen LogP contribution in [0.15, 0.2) is 18.2 Å². The fraction of sp³-hybridized carbons (Fsp3) is 0.381. The molecule has 1 atom stereocenters. The molecule has 1 spiro atoms. The first-order valence-corrected chi connectivity index (χ1v) is 9.14. The fourth-order valence-corrected chi connectivity index (χ4v) is 5.24. The third-order valence-corrected chi connectivity index (χ3v) is 6.36. The molecule has 6 nitrogen and oxygen atoms in total. The predicted octanol–water partition coefficient (Wildman–Crippen LogP) is 2.71. The van der Waals surface area contributed by atoms with E-state index in [-0.39, 0.29) is 17.4 Å². The van der Waals surface area contributed by atoms with E-state index in [9.17, 15) is 15.0 Å². The number of rotatable bonds is 2. The van der Waals surface area contributed by atoms with Gasteiger partial charge >= 0.3 is 0 Å². The maximum Gasteiger partial charge on any atom is 0.223 e. The number of methoxy groups -OCH3 is 2. The van der Waals surface area contributed by atoms with Gasteiger partial charge in [0.2, 0.25) is 5.91 Å². The van der Waals surface area contributed by atoms with E-state index in [2.05, 4.69) is 0 Å². The van der Waals surface area contributed by atoms with Crippen molar-refractivity contribution in [3.63, 3.8) is 0 Å². The Morgan fingerprint density at radius 2 is 1.81 bits per heavy atom. The Bertz CT molecular complexity index is 999. The van der Waals surface area contributed by atoms with E-state index in [1.165, 1.54) is 7.11 Å². The summed E-state index contributed by atoms with van der Waals surface area (Å²) in [5.41, 5.74) is 4.10. The molecule has 1 saturated heterocycles. The van der Waals surface area contributed by atoms with Crippen molar-refractivity contribution in [3.05, 3.63) is 34.9 Å². The molecule has 5 rings (SSSR count). The van der Waals surface area contributed by atoms with Crippen molar-refractivity contribution >= 4 is 5.91 Å².